The first-order valence-corrected chi connectivity index (χ1v) is 8.14. The Morgan fingerprint density at radius 1 is 1.16 bits per heavy atom. The molecule has 25 heavy (non-hydrogen) atoms. The quantitative estimate of drug-likeness (QED) is 0.323. The number of aromatic nitrogens is 1. The maximum atomic E-state index is 11.8. The van der Waals surface area contributed by atoms with Crippen LogP contribution in [0.1, 0.15) is 35.2 Å². The number of ether oxygens (including phenoxy) is 1. The first-order valence-electron chi connectivity index (χ1n) is 8.14. The third kappa shape index (κ3) is 6.21. The van der Waals surface area contributed by atoms with Crippen molar-refractivity contribution in [2.45, 2.75) is 26.2 Å². The summed E-state index contributed by atoms with van der Waals surface area (Å²) in [6, 6.07) is 10.3. The average molecular weight is 343 g/mol. The number of hydrogen-bond acceptors (Lipinski definition) is 6. The molecule has 0 fully saturated rings. The van der Waals surface area contributed by atoms with Gasteiger partial charge in [0.05, 0.1) is 17.1 Å². The van der Waals surface area contributed by atoms with E-state index in [2.05, 4.69) is 10.3 Å². The maximum absolute atomic E-state index is 11.8. The summed E-state index contributed by atoms with van der Waals surface area (Å²) >= 11 is 0. The highest BCUT2D eigenvalue weighted by atomic mass is 16.6. The normalized spacial score (nSPS) is 10.3. The van der Waals surface area contributed by atoms with Gasteiger partial charge in [-0.1, -0.05) is 17.7 Å². The zero-order chi connectivity index (χ0) is 18.1. The Morgan fingerprint density at radius 2 is 1.92 bits per heavy atom. The Morgan fingerprint density at radius 3 is 2.56 bits per heavy atom. The minimum atomic E-state index is -0.478. The summed E-state index contributed by atoms with van der Waals surface area (Å²) in [6.45, 7) is 3.06. The lowest BCUT2D eigenvalue weighted by atomic mass is 10.1. The lowest BCUT2D eigenvalue weighted by Gasteiger charge is -2.06. The molecule has 1 N–H and O–H groups in total. The van der Waals surface area contributed by atoms with Crippen LogP contribution in [-0.2, 0) is 4.74 Å². The van der Waals surface area contributed by atoms with Gasteiger partial charge in [0.25, 0.3) is 5.69 Å². The van der Waals surface area contributed by atoms with E-state index < -0.39 is 4.92 Å². The van der Waals surface area contributed by atoms with Gasteiger partial charge in [0.15, 0.2) is 0 Å². The van der Waals surface area contributed by atoms with Crippen molar-refractivity contribution in [3.05, 3.63) is 63.8 Å². The monoisotopic (exact) mass is 343 g/mol. The fourth-order valence-electron chi connectivity index (χ4n) is 2.16. The third-order valence-corrected chi connectivity index (χ3v) is 3.61. The molecular formula is C18H21N3O4. The molecule has 0 aliphatic heterocycles. The molecule has 0 saturated carbocycles. The van der Waals surface area contributed by atoms with Gasteiger partial charge < -0.3 is 10.1 Å². The van der Waals surface area contributed by atoms with Crippen molar-refractivity contribution >= 4 is 17.5 Å². The summed E-state index contributed by atoms with van der Waals surface area (Å²) in [5.41, 5.74) is 1.64. The average Bonchev–Trinajstić information content (AvgIpc) is 2.61. The standard InChI is InChI=1S/C18H21N3O4/c1-14-5-7-15(8-6-14)18(22)25-12-4-2-3-11-19-17-10-9-16(13-20-17)21(23)24/h5-10,13H,2-4,11-12H2,1H3,(H,19,20). The molecule has 1 heterocycles. The summed E-state index contributed by atoms with van der Waals surface area (Å²) in [5.74, 6) is 0.310. The number of nitrogens with zero attached hydrogens (tertiary/aromatic N) is 2. The number of esters is 1. The Kier molecular flexibility index (Phi) is 6.88. The Labute approximate surface area is 146 Å². The van der Waals surface area contributed by atoms with Gasteiger partial charge in [-0.25, -0.2) is 9.78 Å². The molecule has 1 aromatic heterocycles. The number of nitro groups is 1. The van der Waals surface area contributed by atoms with Crippen LogP contribution >= 0.6 is 0 Å². The molecule has 0 atom stereocenters. The van der Waals surface area contributed by atoms with E-state index in [1.54, 1.807) is 18.2 Å². The number of benzene rings is 1. The fourth-order valence-corrected chi connectivity index (χ4v) is 2.16. The van der Waals surface area contributed by atoms with E-state index in [0.717, 1.165) is 24.8 Å². The first-order chi connectivity index (χ1) is 12.1. The third-order valence-electron chi connectivity index (χ3n) is 3.61. The van der Waals surface area contributed by atoms with E-state index >= 15 is 0 Å². The van der Waals surface area contributed by atoms with Crippen LogP contribution in [0.2, 0.25) is 0 Å². The van der Waals surface area contributed by atoms with Crippen LogP contribution in [0.25, 0.3) is 0 Å². The Hall–Kier alpha value is -2.96. The molecule has 7 nitrogen and oxygen atoms in total. The number of carbonyl (C=O) groups is 1. The number of anilines is 1. The second kappa shape index (κ2) is 9.36. The van der Waals surface area contributed by atoms with Gasteiger partial charge in [0.1, 0.15) is 12.0 Å². The minimum Gasteiger partial charge on any atom is -0.462 e. The van der Waals surface area contributed by atoms with Gasteiger partial charge in [-0.2, -0.15) is 0 Å². The van der Waals surface area contributed by atoms with Gasteiger partial charge in [0.2, 0.25) is 0 Å². The zero-order valence-corrected chi connectivity index (χ0v) is 14.1. The molecule has 0 aliphatic carbocycles. The predicted molar refractivity (Wildman–Crippen MR) is 94.7 cm³/mol. The van der Waals surface area contributed by atoms with E-state index in [9.17, 15) is 14.9 Å². The van der Waals surface area contributed by atoms with Crippen molar-refractivity contribution in [3.8, 4) is 0 Å². The molecule has 2 aromatic rings. The van der Waals surface area contributed by atoms with Crippen LogP contribution in [0.15, 0.2) is 42.6 Å². The number of aryl methyl sites for hydroxylation is 1. The highest BCUT2D eigenvalue weighted by molar-refractivity contribution is 5.89. The lowest BCUT2D eigenvalue weighted by Crippen LogP contribution is -2.07. The van der Waals surface area contributed by atoms with Crippen LogP contribution in [-0.4, -0.2) is 29.0 Å². The van der Waals surface area contributed by atoms with E-state index in [4.69, 9.17) is 4.74 Å². The van der Waals surface area contributed by atoms with Gasteiger partial charge >= 0.3 is 5.97 Å². The Bertz CT molecular complexity index is 699. The van der Waals surface area contributed by atoms with Crippen LogP contribution in [0, 0.1) is 17.0 Å². The van der Waals surface area contributed by atoms with Crippen molar-refractivity contribution < 1.29 is 14.5 Å². The van der Waals surface area contributed by atoms with Crippen molar-refractivity contribution in [3.63, 3.8) is 0 Å². The summed E-state index contributed by atoms with van der Waals surface area (Å²) in [4.78, 5) is 25.8. The summed E-state index contributed by atoms with van der Waals surface area (Å²) in [5, 5.41) is 13.6. The predicted octanol–water partition coefficient (Wildman–Crippen LogP) is 3.74. The molecular weight excluding hydrogens is 322 g/mol. The molecule has 0 radical (unpaired) electrons. The number of unbranched alkanes of at least 4 members (excludes halogenated alkanes) is 2. The smallest absolute Gasteiger partial charge is 0.338 e. The highest BCUT2D eigenvalue weighted by Crippen LogP contribution is 2.12. The zero-order valence-electron chi connectivity index (χ0n) is 14.1. The first kappa shape index (κ1) is 18.4. The molecule has 0 amide bonds. The number of hydrogen-bond donors (Lipinski definition) is 1. The summed E-state index contributed by atoms with van der Waals surface area (Å²) < 4.78 is 5.23. The van der Waals surface area contributed by atoms with Gasteiger partial charge in [-0.05, 0) is 44.4 Å². The van der Waals surface area contributed by atoms with Crippen LogP contribution in [0.4, 0.5) is 11.5 Å². The molecule has 0 spiro atoms. The Balaban J connectivity index is 1.56. The molecule has 0 unspecified atom stereocenters. The van der Waals surface area contributed by atoms with Crippen molar-refractivity contribution in [1.29, 1.82) is 0 Å². The topological polar surface area (TPSA) is 94.4 Å². The van der Waals surface area contributed by atoms with Crippen molar-refractivity contribution in [2.24, 2.45) is 0 Å². The second-order valence-corrected chi connectivity index (χ2v) is 5.65. The molecule has 7 heteroatoms. The van der Waals surface area contributed by atoms with Gasteiger partial charge in [-0.3, -0.25) is 10.1 Å². The van der Waals surface area contributed by atoms with E-state index in [0.29, 0.717) is 24.5 Å². The van der Waals surface area contributed by atoms with Crippen LogP contribution in [0.3, 0.4) is 0 Å². The SMILES string of the molecule is Cc1ccc(C(=O)OCCCCCNc2ccc([N+](=O)[O-])cn2)cc1. The maximum Gasteiger partial charge on any atom is 0.338 e. The largest absolute Gasteiger partial charge is 0.462 e. The van der Waals surface area contributed by atoms with Crippen LogP contribution < -0.4 is 5.32 Å². The molecule has 0 bridgehead atoms. The molecule has 0 saturated heterocycles. The lowest BCUT2D eigenvalue weighted by molar-refractivity contribution is -0.385. The number of carbonyl (C=O) groups excluding carboxylic acids is 1. The van der Waals surface area contributed by atoms with Gasteiger partial charge in [-0.15, -0.1) is 0 Å². The molecule has 2 rings (SSSR count). The fraction of sp³-hybridized carbons (Fsp3) is 0.333. The number of rotatable bonds is 9. The molecule has 1 aromatic carbocycles. The summed E-state index contributed by atoms with van der Waals surface area (Å²) in [6.07, 6.45) is 3.81. The minimum absolute atomic E-state index is 0.0269. The number of pyridine rings is 1. The van der Waals surface area contributed by atoms with E-state index in [1.165, 1.54) is 12.3 Å². The number of nitrogens with one attached hydrogen (secondary N) is 1. The molecule has 132 valence electrons. The van der Waals surface area contributed by atoms with E-state index in [-0.39, 0.29) is 11.7 Å². The van der Waals surface area contributed by atoms with E-state index in [1.807, 2.05) is 19.1 Å². The summed E-state index contributed by atoms with van der Waals surface area (Å²) in [7, 11) is 0. The second-order valence-electron chi connectivity index (χ2n) is 5.65. The van der Waals surface area contributed by atoms with Crippen LogP contribution in [0.5, 0.6) is 0 Å². The molecule has 0 aliphatic rings. The van der Waals surface area contributed by atoms with Gasteiger partial charge in [0, 0.05) is 12.6 Å². The highest BCUT2D eigenvalue weighted by Gasteiger charge is 2.06. The van der Waals surface area contributed by atoms with Crippen molar-refractivity contribution in [2.75, 3.05) is 18.5 Å². The van der Waals surface area contributed by atoms with Crippen molar-refractivity contribution in [1.82, 2.24) is 4.98 Å².